The Morgan fingerprint density at radius 3 is 3.22 bits per heavy atom. The predicted octanol–water partition coefficient (Wildman–Crippen LogP) is 0.579. The van der Waals surface area contributed by atoms with E-state index in [0.29, 0.717) is 13.2 Å². The van der Waals surface area contributed by atoms with Crippen molar-refractivity contribution in [2.24, 2.45) is 0 Å². The van der Waals surface area contributed by atoms with Gasteiger partial charge in [0.1, 0.15) is 0 Å². The Bertz CT molecular complexity index is 405. The zero-order valence-corrected chi connectivity index (χ0v) is 10.6. The van der Waals surface area contributed by atoms with Crippen LogP contribution in [0.25, 0.3) is 0 Å². The molecular weight excluding hydrogens is 234 g/mol. The minimum Gasteiger partial charge on any atom is -0.481 e. The van der Waals surface area contributed by atoms with E-state index >= 15 is 0 Å². The number of hydrogen-bond acceptors (Lipinski definition) is 4. The Hall–Kier alpha value is -1.40. The summed E-state index contributed by atoms with van der Waals surface area (Å²) in [6.07, 6.45) is 1.91. The topological polar surface area (TPSA) is 67.6 Å². The number of carboxylic acids is 1. The van der Waals surface area contributed by atoms with E-state index in [9.17, 15) is 4.79 Å². The Morgan fingerprint density at radius 2 is 2.50 bits per heavy atom. The Morgan fingerprint density at radius 1 is 1.67 bits per heavy atom. The lowest BCUT2D eigenvalue weighted by molar-refractivity contribution is -0.140. The standard InChI is InChI=1S/C12H19N3O3/c1-2-15-10(3-4-13-15)8-14-5-6-18-9-11(14)7-12(16)17/h3-4,11H,2,5-9H2,1H3,(H,16,17). The van der Waals surface area contributed by atoms with Gasteiger partial charge >= 0.3 is 5.97 Å². The largest absolute Gasteiger partial charge is 0.481 e. The fraction of sp³-hybridized carbons (Fsp3) is 0.667. The van der Waals surface area contributed by atoms with Crippen LogP contribution in [-0.4, -0.2) is 51.6 Å². The maximum atomic E-state index is 10.8. The molecule has 1 aliphatic rings. The van der Waals surface area contributed by atoms with Crippen LogP contribution in [0.15, 0.2) is 12.3 Å². The summed E-state index contributed by atoms with van der Waals surface area (Å²) in [4.78, 5) is 13.0. The van der Waals surface area contributed by atoms with E-state index in [-0.39, 0.29) is 12.5 Å². The van der Waals surface area contributed by atoms with Gasteiger partial charge in [0.15, 0.2) is 0 Å². The molecule has 0 aliphatic carbocycles. The molecule has 1 N–H and O–H groups in total. The van der Waals surface area contributed by atoms with Gasteiger partial charge in [0.2, 0.25) is 0 Å². The minimum absolute atomic E-state index is 0.0449. The van der Waals surface area contributed by atoms with E-state index in [2.05, 4.69) is 10.00 Å². The zero-order chi connectivity index (χ0) is 13.0. The molecule has 1 atom stereocenters. The van der Waals surface area contributed by atoms with E-state index in [1.807, 2.05) is 17.7 Å². The minimum atomic E-state index is -0.778. The second kappa shape index (κ2) is 5.97. The molecule has 1 aromatic heterocycles. The molecule has 1 aliphatic heterocycles. The van der Waals surface area contributed by atoms with Gasteiger partial charge in [-0.25, -0.2) is 0 Å². The number of nitrogens with zero attached hydrogens (tertiary/aromatic N) is 3. The highest BCUT2D eigenvalue weighted by atomic mass is 16.5. The second-order valence-electron chi connectivity index (χ2n) is 4.44. The molecule has 0 spiro atoms. The van der Waals surface area contributed by atoms with Crippen molar-refractivity contribution in [2.75, 3.05) is 19.8 Å². The summed E-state index contributed by atoms with van der Waals surface area (Å²) in [5.41, 5.74) is 1.12. The van der Waals surface area contributed by atoms with Crippen molar-refractivity contribution in [2.45, 2.75) is 32.5 Å². The number of morpholine rings is 1. The third-order valence-electron chi connectivity index (χ3n) is 3.23. The van der Waals surface area contributed by atoms with Crippen molar-refractivity contribution >= 4 is 5.97 Å². The van der Waals surface area contributed by atoms with Crippen molar-refractivity contribution < 1.29 is 14.6 Å². The summed E-state index contributed by atoms with van der Waals surface area (Å²) in [6, 6.07) is 1.94. The van der Waals surface area contributed by atoms with Crippen molar-refractivity contribution in [1.82, 2.24) is 14.7 Å². The number of carbonyl (C=O) groups is 1. The third-order valence-corrected chi connectivity index (χ3v) is 3.23. The fourth-order valence-electron chi connectivity index (χ4n) is 2.27. The zero-order valence-electron chi connectivity index (χ0n) is 10.6. The molecule has 1 unspecified atom stereocenters. The molecule has 1 fully saturated rings. The van der Waals surface area contributed by atoms with Crippen LogP contribution in [-0.2, 0) is 22.6 Å². The van der Waals surface area contributed by atoms with Gasteiger partial charge in [-0.2, -0.15) is 5.10 Å². The normalized spacial score (nSPS) is 21.1. The molecule has 2 rings (SSSR count). The Kier molecular flexibility index (Phi) is 4.33. The number of carboxylic acid groups (broad SMARTS) is 1. The van der Waals surface area contributed by atoms with Crippen molar-refractivity contribution in [3.05, 3.63) is 18.0 Å². The first-order valence-electron chi connectivity index (χ1n) is 6.25. The molecule has 0 radical (unpaired) electrons. The van der Waals surface area contributed by atoms with Crippen LogP contribution in [0.1, 0.15) is 19.0 Å². The first-order chi connectivity index (χ1) is 8.70. The van der Waals surface area contributed by atoms with Gasteiger partial charge in [-0.15, -0.1) is 0 Å². The van der Waals surface area contributed by atoms with E-state index in [1.54, 1.807) is 6.20 Å². The first-order valence-corrected chi connectivity index (χ1v) is 6.25. The maximum absolute atomic E-state index is 10.8. The highest BCUT2D eigenvalue weighted by Crippen LogP contribution is 2.14. The lowest BCUT2D eigenvalue weighted by atomic mass is 10.1. The van der Waals surface area contributed by atoms with Gasteiger partial charge in [-0.05, 0) is 13.0 Å². The molecule has 2 heterocycles. The van der Waals surface area contributed by atoms with E-state index in [4.69, 9.17) is 9.84 Å². The number of aromatic nitrogens is 2. The average molecular weight is 253 g/mol. The van der Waals surface area contributed by atoms with Crippen molar-refractivity contribution in [3.63, 3.8) is 0 Å². The molecule has 0 aromatic carbocycles. The van der Waals surface area contributed by atoms with Crippen molar-refractivity contribution in [1.29, 1.82) is 0 Å². The SMILES string of the molecule is CCn1nccc1CN1CCOCC1CC(=O)O. The van der Waals surface area contributed by atoms with Gasteiger partial charge in [0.05, 0.1) is 25.3 Å². The molecule has 1 saturated heterocycles. The summed E-state index contributed by atoms with van der Waals surface area (Å²) in [5, 5.41) is 13.1. The lowest BCUT2D eigenvalue weighted by Gasteiger charge is -2.34. The highest BCUT2D eigenvalue weighted by molar-refractivity contribution is 5.67. The molecule has 6 nitrogen and oxygen atoms in total. The fourth-order valence-corrected chi connectivity index (χ4v) is 2.27. The van der Waals surface area contributed by atoms with E-state index in [1.165, 1.54) is 0 Å². The quantitative estimate of drug-likeness (QED) is 0.831. The molecule has 0 saturated carbocycles. The summed E-state index contributed by atoms with van der Waals surface area (Å²) < 4.78 is 7.30. The summed E-state index contributed by atoms with van der Waals surface area (Å²) in [6.45, 7) is 5.53. The summed E-state index contributed by atoms with van der Waals surface area (Å²) in [7, 11) is 0. The van der Waals surface area contributed by atoms with Gasteiger partial charge < -0.3 is 9.84 Å². The van der Waals surface area contributed by atoms with Crippen LogP contribution >= 0.6 is 0 Å². The summed E-state index contributed by atoms with van der Waals surface area (Å²) >= 11 is 0. The molecule has 100 valence electrons. The average Bonchev–Trinajstić information content (AvgIpc) is 2.78. The number of hydrogen-bond donors (Lipinski definition) is 1. The van der Waals surface area contributed by atoms with Crippen LogP contribution < -0.4 is 0 Å². The number of aliphatic carboxylic acids is 1. The maximum Gasteiger partial charge on any atom is 0.305 e. The first kappa shape index (κ1) is 13.0. The number of ether oxygens (including phenoxy) is 1. The van der Waals surface area contributed by atoms with Gasteiger partial charge in [-0.1, -0.05) is 0 Å². The molecular formula is C12H19N3O3. The lowest BCUT2D eigenvalue weighted by Crippen LogP contribution is -2.46. The van der Waals surface area contributed by atoms with Crippen LogP contribution in [0.4, 0.5) is 0 Å². The molecule has 0 amide bonds. The number of aryl methyl sites for hydroxylation is 1. The smallest absolute Gasteiger partial charge is 0.305 e. The van der Waals surface area contributed by atoms with Crippen molar-refractivity contribution in [3.8, 4) is 0 Å². The third kappa shape index (κ3) is 3.08. The van der Waals surface area contributed by atoms with Crippen LogP contribution in [0.5, 0.6) is 0 Å². The molecule has 1 aromatic rings. The van der Waals surface area contributed by atoms with Gasteiger partial charge in [-0.3, -0.25) is 14.4 Å². The van der Waals surface area contributed by atoms with Crippen LogP contribution in [0.3, 0.4) is 0 Å². The Balaban J connectivity index is 2.03. The van der Waals surface area contributed by atoms with Gasteiger partial charge in [0.25, 0.3) is 0 Å². The summed E-state index contributed by atoms with van der Waals surface area (Å²) in [5.74, 6) is -0.778. The van der Waals surface area contributed by atoms with Gasteiger partial charge in [0, 0.05) is 31.9 Å². The van der Waals surface area contributed by atoms with E-state index in [0.717, 1.165) is 25.3 Å². The van der Waals surface area contributed by atoms with E-state index < -0.39 is 5.97 Å². The molecule has 6 heteroatoms. The van der Waals surface area contributed by atoms with Crippen LogP contribution in [0.2, 0.25) is 0 Å². The Labute approximate surface area is 106 Å². The monoisotopic (exact) mass is 253 g/mol. The predicted molar refractivity (Wildman–Crippen MR) is 65.2 cm³/mol. The number of rotatable bonds is 5. The second-order valence-corrected chi connectivity index (χ2v) is 4.44. The highest BCUT2D eigenvalue weighted by Gasteiger charge is 2.25. The van der Waals surface area contributed by atoms with Crippen LogP contribution in [0, 0.1) is 0 Å². The molecule has 0 bridgehead atoms. The molecule has 18 heavy (non-hydrogen) atoms.